The van der Waals surface area contributed by atoms with Crippen molar-refractivity contribution < 1.29 is 4.74 Å². The van der Waals surface area contributed by atoms with Crippen LogP contribution in [0.1, 0.15) is 24.8 Å². The van der Waals surface area contributed by atoms with Crippen molar-refractivity contribution in [3.63, 3.8) is 0 Å². The van der Waals surface area contributed by atoms with E-state index >= 15 is 0 Å². The molecule has 5 nitrogen and oxygen atoms in total. The largest absolute Gasteiger partial charge is 0.373 e. The molecule has 0 radical (unpaired) electrons. The normalized spacial score (nSPS) is 27.9. The molecule has 0 aliphatic carbocycles. The van der Waals surface area contributed by atoms with Crippen molar-refractivity contribution in [1.82, 2.24) is 15.6 Å². The monoisotopic (exact) mass is 308 g/mol. The fourth-order valence-corrected chi connectivity index (χ4v) is 3.15. The zero-order chi connectivity index (χ0) is 14.7. The van der Waals surface area contributed by atoms with Crippen LogP contribution in [0.2, 0.25) is 5.15 Å². The molecule has 2 aliphatic heterocycles. The molecule has 6 heteroatoms. The third-order valence-electron chi connectivity index (χ3n) is 4.15. The van der Waals surface area contributed by atoms with Crippen LogP contribution < -0.4 is 10.6 Å². The smallest absolute Gasteiger partial charge is 0.191 e. The molecule has 2 aliphatic rings. The number of nitrogens with one attached hydrogen (secondary N) is 2. The molecule has 3 unspecified atom stereocenters. The van der Waals surface area contributed by atoms with E-state index in [1.54, 1.807) is 7.05 Å². The van der Waals surface area contributed by atoms with Gasteiger partial charge in [-0.05, 0) is 37.3 Å². The van der Waals surface area contributed by atoms with Crippen LogP contribution in [0.5, 0.6) is 0 Å². The lowest BCUT2D eigenvalue weighted by Gasteiger charge is -2.22. The first-order chi connectivity index (χ1) is 10.2. The third kappa shape index (κ3) is 3.66. The average Bonchev–Trinajstić information content (AvgIpc) is 3.11. The number of rotatable bonds is 4. The van der Waals surface area contributed by atoms with Gasteiger partial charge in [0.05, 0.1) is 18.2 Å². The van der Waals surface area contributed by atoms with Gasteiger partial charge in [0.1, 0.15) is 5.15 Å². The minimum absolute atomic E-state index is 0.356. The summed E-state index contributed by atoms with van der Waals surface area (Å²) >= 11 is 5.78. The first-order valence-corrected chi connectivity index (χ1v) is 7.85. The highest BCUT2D eigenvalue weighted by Crippen LogP contribution is 2.34. The van der Waals surface area contributed by atoms with E-state index in [-0.39, 0.29) is 0 Å². The molecule has 3 heterocycles. The fraction of sp³-hybridized carbons (Fsp3) is 0.600. The zero-order valence-corrected chi connectivity index (χ0v) is 12.9. The molecule has 0 amide bonds. The zero-order valence-electron chi connectivity index (χ0n) is 12.2. The minimum atomic E-state index is 0.356. The fourth-order valence-electron chi connectivity index (χ4n) is 3.04. The van der Waals surface area contributed by atoms with Crippen LogP contribution in [-0.2, 0) is 11.2 Å². The van der Waals surface area contributed by atoms with Crippen molar-refractivity contribution in [3.8, 4) is 0 Å². The molecule has 1 aromatic heterocycles. The number of ether oxygens (including phenoxy) is 1. The topological polar surface area (TPSA) is 58.5 Å². The van der Waals surface area contributed by atoms with Crippen molar-refractivity contribution in [2.45, 2.75) is 43.9 Å². The molecule has 1 aromatic rings. The van der Waals surface area contributed by atoms with Gasteiger partial charge in [0.25, 0.3) is 0 Å². The molecule has 0 aromatic carbocycles. The van der Waals surface area contributed by atoms with E-state index in [0.29, 0.717) is 23.4 Å². The van der Waals surface area contributed by atoms with Crippen molar-refractivity contribution in [2.75, 3.05) is 13.6 Å². The van der Waals surface area contributed by atoms with Gasteiger partial charge in [-0.1, -0.05) is 17.7 Å². The molecule has 3 rings (SSSR count). The number of pyridine rings is 1. The van der Waals surface area contributed by atoms with Gasteiger partial charge in [-0.3, -0.25) is 4.99 Å². The van der Waals surface area contributed by atoms with Crippen LogP contribution >= 0.6 is 11.6 Å². The molecule has 21 heavy (non-hydrogen) atoms. The highest BCUT2D eigenvalue weighted by Gasteiger charge is 2.41. The summed E-state index contributed by atoms with van der Waals surface area (Å²) in [6, 6.07) is 4.21. The molecule has 0 spiro atoms. The van der Waals surface area contributed by atoms with Gasteiger partial charge in [0, 0.05) is 19.8 Å². The number of aliphatic imine (C=N–C) groups is 1. The molecular weight excluding hydrogens is 288 g/mol. The van der Waals surface area contributed by atoms with E-state index in [1.807, 2.05) is 18.3 Å². The highest BCUT2D eigenvalue weighted by atomic mass is 35.5. The van der Waals surface area contributed by atoms with E-state index in [1.165, 1.54) is 6.42 Å². The van der Waals surface area contributed by atoms with Crippen LogP contribution in [0.15, 0.2) is 23.3 Å². The number of aromatic nitrogens is 1. The summed E-state index contributed by atoms with van der Waals surface area (Å²) in [6.07, 6.45) is 6.96. The Hall–Kier alpha value is -1.33. The molecule has 3 atom stereocenters. The third-order valence-corrected chi connectivity index (χ3v) is 4.37. The van der Waals surface area contributed by atoms with Crippen LogP contribution in [0.4, 0.5) is 0 Å². The van der Waals surface area contributed by atoms with Crippen LogP contribution in [-0.4, -0.2) is 42.8 Å². The Morgan fingerprint density at radius 3 is 3.00 bits per heavy atom. The molecule has 0 saturated carbocycles. The van der Waals surface area contributed by atoms with Crippen LogP contribution in [0.25, 0.3) is 0 Å². The number of hydrogen-bond donors (Lipinski definition) is 2. The van der Waals surface area contributed by atoms with Gasteiger partial charge in [0.2, 0.25) is 0 Å². The standard InChI is InChI=1S/C15H21ClN4O/c1-17-15(20-12-8-11-3-4-13(12)21-11)18-7-6-10-2-5-14(16)19-9-10/h2,5,9,11-13H,3-4,6-8H2,1H3,(H2,17,18,20). The summed E-state index contributed by atoms with van der Waals surface area (Å²) in [5.74, 6) is 0.845. The molecule has 2 fully saturated rings. The maximum absolute atomic E-state index is 5.85. The van der Waals surface area contributed by atoms with Gasteiger partial charge >= 0.3 is 0 Å². The summed E-state index contributed by atoms with van der Waals surface area (Å²) in [6.45, 7) is 0.810. The Balaban J connectivity index is 1.44. The van der Waals surface area contributed by atoms with Crippen molar-refractivity contribution in [1.29, 1.82) is 0 Å². The number of nitrogens with zero attached hydrogens (tertiary/aromatic N) is 2. The predicted octanol–water partition coefficient (Wildman–Crippen LogP) is 1.76. The summed E-state index contributed by atoms with van der Waals surface area (Å²) in [5, 5.41) is 7.34. The number of hydrogen-bond acceptors (Lipinski definition) is 3. The minimum Gasteiger partial charge on any atom is -0.373 e. The summed E-state index contributed by atoms with van der Waals surface area (Å²) in [7, 11) is 1.80. The lowest BCUT2D eigenvalue weighted by molar-refractivity contribution is 0.0992. The Morgan fingerprint density at radius 2 is 2.38 bits per heavy atom. The van der Waals surface area contributed by atoms with E-state index in [9.17, 15) is 0 Å². The molecular formula is C15H21ClN4O. The van der Waals surface area contributed by atoms with E-state index in [4.69, 9.17) is 16.3 Å². The lowest BCUT2D eigenvalue weighted by Crippen LogP contribution is -2.47. The Morgan fingerprint density at radius 1 is 1.48 bits per heavy atom. The number of halogens is 1. The average molecular weight is 309 g/mol. The van der Waals surface area contributed by atoms with Crippen molar-refractivity contribution >= 4 is 17.6 Å². The maximum atomic E-state index is 5.85. The van der Waals surface area contributed by atoms with Gasteiger partial charge in [-0.15, -0.1) is 0 Å². The summed E-state index contributed by atoms with van der Waals surface area (Å²) in [5.41, 5.74) is 1.16. The second-order valence-corrected chi connectivity index (χ2v) is 5.99. The molecule has 114 valence electrons. The number of fused-ring (bicyclic) bond motifs is 2. The van der Waals surface area contributed by atoms with Gasteiger partial charge < -0.3 is 15.4 Å². The second-order valence-electron chi connectivity index (χ2n) is 5.60. The van der Waals surface area contributed by atoms with Crippen molar-refractivity contribution in [2.24, 2.45) is 4.99 Å². The van der Waals surface area contributed by atoms with E-state index in [0.717, 1.165) is 37.3 Å². The summed E-state index contributed by atoms with van der Waals surface area (Å²) in [4.78, 5) is 8.36. The molecule has 2 bridgehead atoms. The molecule has 2 saturated heterocycles. The Kier molecular flexibility index (Phi) is 4.60. The van der Waals surface area contributed by atoms with Crippen LogP contribution in [0, 0.1) is 0 Å². The van der Waals surface area contributed by atoms with E-state index in [2.05, 4.69) is 20.6 Å². The first-order valence-electron chi connectivity index (χ1n) is 7.47. The SMILES string of the molecule is CN=C(NCCc1ccc(Cl)nc1)NC1CC2CCC1O2. The van der Waals surface area contributed by atoms with Gasteiger partial charge in [-0.2, -0.15) is 0 Å². The quantitative estimate of drug-likeness (QED) is 0.505. The maximum Gasteiger partial charge on any atom is 0.191 e. The number of guanidine groups is 1. The highest BCUT2D eigenvalue weighted by molar-refractivity contribution is 6.29. The van der Waals surface area contributed by atoms with Gasteiger partial charge in [-0.25, -0.2) is 4.98 Å². The first kappa shape index (κ1) is 14.6. The van der Waals surface area contributed by atoms with Crippen molar-refractivity contribution in [3.05, 3.63) is 29.0 Å². The predicted molar refractivity (Wildman–Crippen MR) is 83.7 cm³/mol. The summed E-state index contributed by atoms with van der Waals surface area (Å²) < 4.78 is 5.85. The van der Waals surface area contributed by atoms with Crippen LogP contribution in [0.3, 0.4) is 0 Å². The Labute approximate surface area is 130 Å². The lowest BCUT2D eigenvalue weighted by atomic mass is 9.96. The molecule has 2 N–H and O–H groups in total. The second kappa shape index (κ2) is 6.62. The Bertz CT molecular complexity index is 505. The van der Waals surface area contributed by atoms with E-state index < -0.39 is 0 Å². The van der Waals surface area contributed by atoms with Gasteiger partial charge in [0.15, 0.2) is 5.96 Å².